The Morgan fingerprint density at radius 3 is 2.36 bits per heavy atom. The Morgan fingerprint density at radius 2 is 1.68 bits per heavy atom. The molecular formula is C20H22O2. The molecule has 0 atom stereocenters. The summed E-state index contributed by atoms with van der Waals surface area (Å²) in [4.78, 5) is 12.6. The van der Waals surface area contributed by atoms with E-state index in [1.165, 1.54) is 19.3 Å². The minimum Gasteiger partial charge on any atom is -0.457 e. The molecule has 2 heteroatoms. The van der Waals surface area contributed by atoms with Crippen LogP contribution in [0.2, 0.25) is 0 Å². The fourth-order valence-corrected chi connectivity index (χ4v) is 3.19. The van der Waals surface area contributed by atoms with Crippen molar-refractivity contribution < 1.29 is 9.53 Å². The number of carbonyl (C=O) groups excluding carboxylic acids is 1. The lowest BCUT2D eigenvalue weighted by molar-refractivity contribution is 0.0889. The van der Waals surface area contributed by atoms with E-state index < -0.39 is 0 Å². The summed E-state index contributed by atoms with van der Waals surface area (Å²) in [5.41, 5.74) is 1.86. The molecule has 0 aromatic heterocycles. The van der Waals surface area contributed by atoms with Crippen LogP contribution >= 0.6 is 0 Å². The number of hydrogen-bond donors (Lipinski definition) is 0. The van der Waals surface area contributed by atoms with Crippen LogP contribution in [0.3, 0.4) is 0 Å². The third kappa shape index (κ3) is 3.38. The smallest absolute Gasteiger partial charge is 0.166 e. The third-order valence-electron chi connectivity index (χ3n) is 4.42. The van der Waals surface area contributed by atoms with Gasteiger partial charge in [-0.1, -0.05) is 37.5 Å². The summed E-state index contributed by atoms with van der Waals surface area (Å²) in [6.07, 6.45) is 5.73. The molecule has 0 heterocycles. The van der Waals surface area contributed by atoms with Gasteiger partial charge in [-0.2, -0.15) is 0 Å². The van der Waals surface area contributed by atoms with E-state index in [1.54, 1.807) is 0 Å². The van der Waals surface area contributed by atoms with Crippen LogP contribution in [0.5, 0.6) is 11.5 Å². The fraction of sp³-hybridized carbons (Fsp3) is 0.350. The van der Waals surface area contributed by atoms with Crippen molar-refractivity contribution in [2.75, 3.05) is 0 Å². The molecule has 1 fully saturated rings. The lowest BCUT2D eigenvalue weighted by atomic mass is 9.83. The van der Waals surface area contributed by atoms with Crippen molar-refractivity contribution in [2.45, 2.75) is 39.0 Å². The van der Waals surface area contributed by atoms with Gasteiger partial charge in [0.1, 0.15) is 11.5 Å². The van der Waals surface area contributed by atoms with E-state index in [4.69, 9.17) is 4.74 Å². The first-order valence-corrected chi connectivity index (χ1v) is 8.12. The first-order valence-electron chi connectivity index (χ1n) is 8.12. The van der Waals surface area contributed by atoms with Crippen molar-refractivity contribution in [3.63, 3.8) is 0 Å². The van der Waals surface area contributed by atoms with E-state index in [0.29, 0.717) is 5.78 Å². The maximum absolute atomic E-state index is 12.6. The van der Waals surface area contributed by atoms with Crippen LogP contribution in [0, 0.1) is 12.8 Å². The summed E-state index contributed by atoms with van der Waals surface area (Å²) < 4.78 is 5.83. The Labute approximate surface area is 132 Å². The van der Waals surface area contributed by atoms with Gasteiger partial charge in [0.15, 0.2) is 5.78 Å². The number of aryl methyl sites for hydroxylation is 1. The van der Waals surface area contributed by atoms with Crippen molar-refractivity contribution in [2.24, 2.45) is 5.92 Å². The van der Waals surface area contributed by atoms with E-state index >= 15 is 0 Å². The summed E-state index contributed by atoms with van der Waals surface area (Å²) in [6.45, 7) is 1.99. The van der Waals surface area contributed by atoms with Gasteiger partial charge >= 0.3 is 0 Å². The van der Waals surface area contributed by atoms with Gasteiger partial charge in [-0.25, -0.2) is 0 Å². The molecule has 2 nitrogen and oxygen atoms in total. The zero-order valence-corrected chi connectivity index (χ0v) is 13.0. The summed E-state index contributed by atoms with van der Waals surface area (Å²) in [5, 5.41) is 0. The highest BCUT2D eigenvalue weighted by atomic mass is 16.5. The number of benzene rings is 2. The first kappa shape index (κ1) is 14.8. The van der Waals surface area contributed by atoms with Gasteiger partial charge in [0.2, 0.25) is 0 Å². The van der Waals surface area contributed by atoms with E-state index in [2.05, 4.69) is 0 Å². The van der Waals surface area contributed by atoms with Crippen LogP contribution in [0.4, 0.5) is 0 Å². The molecule has 1 saturated carbocycles. The number of para-hydroxylation sites is 1. The fourth-order valence-electron chi connectivity index (χ4n) is 3.19. The minimum absolute atomic E-state index is 0.216. The summed E-state index contributed by atoms with van der Waals surface area (Å²) >= 11 is 0. The van der Waals surface area contributed by atoms with E-state index in [0.717, 1.165) is 35.5 Å². The number of hydrogen-bond acceptors (Lipinski definition) is 2. The third-order valence-corrected chi connectivity index (χ3v) is 4.42. The highest BCUT2D eigenvalue weighted by molar-refractivity contribution is 5.99. The number of Topliss-reactive ketones (excluding diaryl/α,β-unsaturated/α-hetero) is 1. The molecular weight excluding hydrogens is 272 g/mol. The van der Waals surface area contributed by atoms with Crippen molar-refractivity contribution in [1.29, 1.82) is 0 Å². The van der Waals surface area contributed by atoms with Crippen LogP contribution in [-0.4, -0.2) is 5.78 Å². The Morgan fingerprint density at radius 1 is 0.955 bits per heavy atom. The second-order valence-corrected chi connectivity index (χ2v) is 6.09. The average Bonchev–Trinajstić information content (AvgIpc) is 2.56. The number of rotatable bonds is 4. The van der Waals surface area contributed by atoms with Gasteiger partial charge in [-0.15, -0.1) is 0 Å². The topological polar surface area (TPSA) is 26.3 Å². The standard InChI is InChI=1S/C20H22O2/c1-15-14-18(22-17-10-6-3-7-11-17)12-13-19(15)20(21)16-8-4-2-5-9-16/h3,6-7,10-14,16H,2,4-5,8-9H2,1H3. The van der Waals surface area contributed by atoms with Gasteiger partial charge in [0.05, 0.1) is 0 Å². The molecule has 0 amide bonds. The van der Waals surface area contributed by atoms with Crippen molar-refractivity contribution in [1.82, 2.24) is 0 Å². The van der Waals surface area contributed by atoms with E-state index in [9.17, 15) is 4.79 Å². The van der Waals surface area contributed by atoms with Crippen molar-refractivity contribution in [3.8, 4) is 11.5 Å². The minimum atomic E-state index is 0.216. The molecule has 2 aromatic rings. The van der Waals surface area contributed by atoms with Gasteiger partial charge in [0, 0.05) is 11.5 Å². The molecule has 0 N–H and O–H groups in total. The molecule has 1 aliphatic rings. The Balaban J connectivity index is 1.75. The molecule has 3 rings (SSSR count). The van der Waals surface area contributed by atoms with Gasteiger partial charge in [0.25, 0.3) is 0 Å². The normalized spacial score (nSPS) is 15.5. The Bertz CT molecular complexity index is 640. The van der Waals surface area contributed by atoms with Crippen LogP contribution in [-0.2, 0) is 0 Å². The zero-order chi connectivity index (χ0) is 15.4. The van der Waals surface area contributed by atoms with E-state index in [-0.39, 0.29) is 5.92 Å². The zero-order valence-electron chi connectivity index (χ0n) is 13.0. The van der Waals surface area contributed by atoms with Gasteiger partial charge in [-0.05, 0) is 55.7 Å². The molecule has 0 radical (unpaired) electrons. The highest BCUT2D eigenvalue weighted by Crippen LogP contribution is 2.30. The van der Waals surface area contributed by atoms with Crippen LogP contribution in [0.15, 0.2) is 48.5 Å². The van der Waals surface area contributed by atoms with Crippen LogP contribution in [0.25, 0.3) is 0 Å². The van der Waals surface area contributed by atoms with Crippen LogP contribution < -0.4 is 4.74 Å². The SMILES string of the molecule is Cc1cc(Oc2ccccc2)ccc1C(=O)C1CCCCC1. The second-order valence-electron chi connectivity index (χ2n) is 6.09. The molecule has 22 heavy (non-hydrogen) atoms. The molecule has 0 aliphatic heterocycles. The molecule has 114 valence electrons. The predicted molar refractivity (Wildman–Crippen MR) is 88.6 cm³/mol. The van der Waals surface area contributed by atoms with E-state index in [1.807, 2.05) is 55.5 Å². The van der Waals surface area contributed by atoms with Gasteiger partial charge < -0.3 is 4.74 Å². The number of ketones is 1. The largest absolute Gasteiger partial charge is 0.457 e. The lowest BCUT2D eigenvalue weighted by Crippen LogP contribution is -2.18. The summed E-state index contributed by atoms with van der Waals surface area (Å²) in [5.74, 6) is 2.12. The number of carbonyl (C=O) groups is 1. The highest BCUT2D eigenvalue weighted by Gasteiger charge is 2.23. The average molecular weight is 294 g/mol. The molecule has 0 unspecified atom stereocenters. The lowest BCUT2D eigenvalue weighted by Gasteiger charge is -2.21. The Hall–Kier alpha value is -2.09. The molecule has 0 saturated heterocycles. The number of ether oxygens (including phenoxy) is 1. The maximum atomic E-state index is 12.6. The molecule has 0 bridgehead atoms. The quantitative estimate of drug-likeness (QED) is 0.691. The first-order chi connectivity index (χ1) is 10.7. The Kier molecular flexibility index (Phi) is 4.57. The van der Waals surface area contributed by atoms with Gasteiger partial charge in [-0.3, -0.25) is 4.79 Å². The monoisotopic (exact) mass is 294 g/mol. The van der Waals surface area contributed by atoms with Crippen molar-refractivity contribution in [3.05, 3.63) is 59.7 Å². The predicted octanol–water partition coefficient (Wildman–Crippen LogP) is 5.55. The molecule has 0 spiro atoms. The molecule has 2 aromatic carbocycles. The second kappa shape index (κ2) is 6.78. The van der Waals surface area contributed by atoms with Crippen molar-refractivity contribution >= 4 is 5.78 Å². The summed E-state index contributed by atoms with van der Waals surface area (Å²) in [6, 6.07) is 15.5. The molecule has 1 aliphatic carbocycles. The summed E-state index contributed by atoms with van der Waals surface area (Å²) in [7, 11) is 0. The maximum Gasteiger partial charge on any atom is 0.166 e. The van der Waals surface area contributed by atoms with Crippen LogP contribution in [0.1, 0.15) is 48.0 Å².